The molecule has 6 heteroatoms. The lowest BCUT2D eigenvalue weighted by Crippen LogP contribution is -2.21. The molecule has 18 heavy (non-hydrogen) atoms. The van der Waals surface area contributed by atoms with Gasteiger partial charge in [0.1, 0.15) is 12.0 Å². The van der Waals surface area contributed by atoms with Crippen LogP contribution in [0.15, 0.2) is 12.3 Å². The molecule has 0 spiro atoms. The maximum atomic E-state index is 10.6. The first-order valence-corrected chi connectivity index (χ1v) is 6.04. The van der Waals surface area contributed by atoms with E-state index in [1.54, 1.807) is 0 Å². The van der Waals surface area contributed by atoms with Gasteiger partial charge in [0.25, 0.3) is 5.69 Å². The summed E-state index contributed by atoms with van der Waals surface area (Å²) in [4.78, 5) is 14.3. The highest BCUT2D eigenvalue weighted by Gasteiger charge is 2.24. The Balaban J connectivity index is 1.99. The van der Waals surface area contributed by atoms with Crippen molar-refractivity contribution >= 4 is 11.5 Å². The van der Waals surface area contributed by atoms with E-state index in [0.717, 1.165) is 25.1 Å². The largest absolute Gasteiger partial charge is 0.378 e. The van der Waals surface area contributed by atoms with Gasteiger partial charge in [0.15, 0.2) is 0 Å². The van der Waals surface area contributed by atoms with Crippen molar-refractivity contribution in [2.45, 2.75) is 26.4 Å². The van der Waals surface area contributed by atoms with Crippen LogP contribution in [-0.4, -0.2) is 29.2 Å². The van der Waals surface area contributed by atoms with E-state index in [-0.39, 0.29) is 11.8 Å². The molecule has 2 rings (SSSR count). The zero-order chi connectivity index (χ0) is 13.1. The number of ether oxygens (including phenoxy) is 1. The van der Waals surface area contributed by atoms with Gasteiger partial charge in [-0.15, -0.1) is 0 Å². The average molecular weight is 251 g/mol. The highest BCUT2D eigenvalue weighted by molar-refractivity contribution is 5.48. The first kappa shape index (κ1) is 12.8. The van der Waals surface area contributed by atoms with Gasteiger partial charge in [0.2, 0.25) is 0 Å². The van der Waals surface area contributed by atoms with Crippen molar-refractivity contribution in [1.82, 2.24) is 4.98 Å². The summed E-state index contributed by atoms with van der Waals surface area (Å²) in [7, 11) is 0. The maximum absolute atomic E-state index is 10.6. The molecule has 0 aromatic carbocycles. The molecule has 0 aliphatic carbocycles. The number of pyridine rings is 1. The van der Waals surface area contributed by atoms with Crippen molar-refractivity contribution in [1.29, 1.82) is 0 Å². The summed E-state index contributed by atoms with van der Waals surface area (Å²) in [5, 5.41) is 13.8. The monoisotopic (exact) mass is 251 g/mol. The number of anilines is 1. The molecule has 0 saturated carbocycles. The van der Waals surface area contributed by atoms with Gasteiger partial charge in [0.05, 0.1) is 11.0 Å². The van der Waals surface area contributed by atoms with Gasteiger partial charge < -0.3 is 10.1 Å². The molecule has 1 fully saturated rings. The van der Waals surface area contributed by atoms with Crippen LogP contribution in [-0.2, 0) is 4.74 Å². The molecule has 0 amide bonds. The topological polar surface area (TPSA) is 77.3 Å². The van der Waals surface area contributed by atoms with E-state index in [1.807, 2.05) is 6.92 Å². The second-order valence-corrected chi connectivity index (χ2v) is 4.62. The fraction of sp³-hybridized carbons (Fsp3) is 0.583. The molecule has 98 valence electrons. The lowest BCUT2D eigenvalue weighted by atomic mass is 10.0. The van der Waals surface area contributed by atoms with Crippen LogP contribution < -0.4 is 5.32 Å². The smallest absolute Gasteiger partial charge is 0.287 e. The Morgan fingerprint density at radius 1 is 1.67 bits per heavy atom. The van der Waals surface area contributed by atoms with E-state index < -0.39 is 4.92 Å². The summed E-state index contributed by atoms with van der Waals surface area (Å²) in [6, 6.07) is 1.53. The van der Waals surface area contributed by atoms with E-state index in [9.17, 15) is 10.1 Å². The zero-order valence-electron chi connectivity index (χ0n) is 10.5. The number of hydrogen-bond acceptors (Lipinski definition) is 5. The highest BCUT2D eigenvalue weighted by Crippen LogP contribution is 2.22. The number of aryl methyl sites for hydroxylation is 1. The second kappa shape index (κ2) is 5.30. The molecular weight excluding hydrogens is 234 g/mol. The molecule has 2 unspecified atom stereocenters. The molecule has 1 aliphatic rings. The third kappa shape index (κ3) is 2.76. The van der Waals surface area contributed by atoms with Crippen molar-refractivity contribution in [3.05, 3.63) is 27.9 Å². The van der Waals surface area contributed by atoms with Gasteiger partial charge in [-0.2, -0.15) is 0 Å². The fourth-order valence-electron chi connectivity index (χ4n) is 2.12. The quantitative estimate of drug-likeness (QED) is 0.655. The summed E-state index contributed by atoms with van der Waals surface area (Å²) in [6.07, 6.45) is 2.58. The van der Waals surface area contributed by atoms with Crippen LogP contribution >= 0.6 is 0 Å². The minimum absolute atomic E-state index is 0.0237. The third-order valence-electron chi connectivity index (χ3n) is 3.34. The van der Waals surface area contributed by atoms with E-state index in [4.69, 9.17) is 4.74 Å². The van der Waals surface area contributed by atoms with Crippen LogP contribution in [0.3, 0.4) is 0 Å². The van der Waals surface area contributed by atoms with Crippen molar-refractivity contribution in [2.24, 2.45) is 5.92 Å². The van der Waals surface area contributed by atoms with Gasteiger partial charge in [-0.25, -0.2) is 4.98 Å². The van der Waals surface area contributed by atoms with E-state index in [2.05, 4.69) is 17.2 Å². The van der Waals surface area contributed by atoms with Crippen LogP contribution in [0.25, 0.3) is 0 Å². The Bertz CT molecular complexity index is 450. The molecular formula is C12H17N3O3. The minimum atomic E-state index is -0.434. The van der Waals surface area contributed by atoms with Crippen molar-refractivity contribution in [3.8, 4) is 0 Å². The molecule has 1 saturated heterocycles. The Morgan fingerprint density at radius 2 is 2.44 bits per heavy atom. The van der Waals surface area contributed by atoms with Gasteiger partial charge in [-0.3, -0.25) is 10.1 Å². The van der Waals surface area contributed by atoms with E-state index >= 15 is 0 Å². The summed E-state index contributed by atoms with van der Waals surface area (Å²) in [6.45, 7) is 5.47. The molecule has 1 aliphatic heterocycles. The molecule has 2 atom stereocenters. The zero-order valence-corrected chi connectivity index (χ0v) is 10.5. The first-order chi connectivity index (χ1) is 8.58. The highest BCUT2D eigenvalue weighted by atomic mass is 16.6. The SMILES string of the molecule is Cc1cc([N+](=O)[O-])cnc1NCC1CCOC1C. The lowest BCUT2D eigenvalue weighted by Gasteiger charge is -2.15. The predicted octanol–water partition coefficient (Wildman–Crippen LogP) is 2.14. The number of nitrogens with zero attached hydrogens (tertiary/aromatic N) is 2. The van der Waals surface area contributed by atoms with Crippen molar-refractivity contribution < 1.29 is 9.66 Å². The molecule has 0 bridgehead atoms. The number of nitro groups is 1. The normalized spacial score (nSPS) is 23.0. The maximum Gasteiger partial charge on any atom is 0.287 e. The average Bonchev–Trinajstić information content (AvgIpc) is 2.73. The number of hydrogen-bond donors (Lipinski definition) is 1. The van der Waals surface area contributed by atoms with Crippen LogP contribution in [0.2, 0.25) is 0 Å². The molecule has 1 aromatic heterocycles. The standard InChI is InChI=1S/C12H17N3O3/c1-8-5-11(15(16)17)7-14-12(8)13-6-10-3-4-18-9(10)2/h5,7,9-10H,3-4,6H2,1-2H3,(H,13,14). The number of rotatable bonds is 4. The van der Waals surface area contributed by atoms with Crippen LogP contribution in [0.5, 0.6) is 0 Å². The summed E-state index contributed by atoms with van der Waals surface area (Å²) in [5.41, 5.74) is 0.811. The third-order valence-corrected chi connectivity index (χ3v) is 3.34. The van der Waals surface area contributed by atoms with E-state index in [1.165, 1.54) is 12.3 Å². The predicted molar refractivity (Wildman–Crippen MR) is 67.6 cm³/mol. The van der Waals surface area contributed by atoms with Crippen LogP contribution in [0.1, 0.15) is 18.9 Å². The van der Waals surface area contributed by atoms with Crippen LogP contribution in [0, 0.1) is 23.0 Å². The van der Waals surface area contributed by atoms with Gasteiger partial charge >= 0.3 is 0 Å². The lowest BCUT2D eigenvalue weighted by molar-refractivity contribution is -0.385. The summed E-state index contributed by atoms with van der Waals surface area (Å²) in [5.74, 6) is 1.18. The van der Waals surface area contributed by atoms with Crippen LogP contribution in [0.4, 0.5) is 11.5 Å². The first-order valence-electron chi connectivity index (χ1n) is 6.04. The Morgan fingerprint density at radius 3 is 3.00 bits per heavy atom. The summed E-state index contributed by atoms with van der Waals surface area (Å²) >= 11 is 0. The number of nitrogens with one attached hydrogen (secondary N) is 1. The Kier molecular flexibility index (Phi) is 3.76. The molecule has 0 radical (unpaired) electrons. The van der Waals surface area contributed by atoms with E-state index in [0.29, 0.717) is 11.7 Å². The Hall–Kier alpha value is -1.69. The Labute approximate surface area is 106 Å². The second-order valence-electron chi connectivity index (χ2n) is 4.62. The number of aromatic nitrogens is 1. The van der Waals surface area contributed by atoms with Crippen molar-refractivity contribution in [3.63, 3.8) is 0 Å². The fourth-order valence-corrected chi connectivity index (χ4v) is 2.12. The van der Waals surface area contributed by atoms with Gasteiger partial charge in [-0.1, -0.05) is 0 Å². The summed E-state index contributed by atoms with van der Waals surface area (Å²) < 4.78 is 5.48. The molecule has 1 aromatic rings. The van der Waals surface area contributed by atoms with Crippen molar-refractivity contribution in [2.75, 3.05) is 18.5 Å². The van der Waals surface area contributed by atoms with Gasteiger partial charge in [0, 0.05) is 25.1 Å². The molecule has 2 heterocycles. The molecule has 1 N–H and O–H groups in total. The molecule has 6 nitrogen and oxygen atoms in total. The van der Waals surface area contributed by atoms with Gasteiger partial charge in [-0.05, 0) is 25.8 Å². The minimum Gasteiger partial charge on any atom is -0.378 e.